The number of unbranched alkanes of at least 4 members (excludes halogenated alkanes) is 8. The van der Waals surface area contributed by atoms with Crippen molar-refractivity contribution in [3.8, 4) is 0 Å². The molecule has 4 aromatic rings. The third kappa shape index (κ3) is 5.94. The number of nitrogens with one attached hydrogen (secondary N) is 4. The number of urea groups is 2. The maximum absolute atomic E-state index is 14.5. The van der Waals surface area contributed by atoms with Crippen molar-refractivity contribution in [3.05, 3.63) is 117 Å². The zero-order valence-electron chi connectivity index (χ0n) is 31.0. The van der Waals surface area contributed by atoms with Crippen molar-refractivity contribution >= 4 is 22.8 Å². The van der Waals surface area contributed by atoms with Crippen LogP contribution in [0, 0.1) is 0 Å². The molecule has 0 atom stereocenters. The van der Waals surface area contributed by atoms with Gasteiger partial charge in [-0.05, 0) is 94.1 Å². The second-order valence-corrected chi connectivity index (χ2v) is 15.5. The third-order valence-electron chi connectivity index (χ3n) is 12.1. The molecule has 4 aromatic carbocycles. The average Bonchev–Trinajstić information content (AvgIpc) is 3.46. The van der Waals surface area contributed by atoms with Gasteiger partial charge in [0.25, 0.3) is 0 Å². The second kappa shape index (κ2) is 14.6. The van der Waals surface area contributed by atoms with Crippen LogP contribution >= 0.6 is 0 Å². The zero-order valence-corrected chi connectivity index (χ0v) is 31.0. The Morgan fingerprint density at radius 3 is 1.42 bits per heavy atom. The van der Waals surface area contributed by atoms with E-state index in [2.05, 4.69) is 108 Å². The number of hydrogen-bond donors (Lipinski definition) is 4. The van der Waals surface area contributed by atoms with Gasteiger partial charge in [0, 0.05) is 24.2 Å². The molecule has 2 saturated heterocycles. The molecule has 2 fully saturated rings. The number of aryl methyl sites for hydroxylation is 2. The van der Waals surface area contributed by atoms with E-state index in [4.69, 9.17) is 0 Å². The Morgan fingerprint density at radius 2 is 0.962 bits per heavy atom. The zero-order chi connectivity index (χ0) is 35.7. The van der Waals surface area contributed by atoms with Crippen molar-refractivity contribution in [2.75, 3.05) is 0 Å². The second-order valence-electron chi connectivity index (χ2n) is 15.5. The van der Waals surface area contributed by atoms with Crippen LogP contribution in [0.4, 0.5) is 9.59 Å². The first-order chi connectivity index (χ1) is 25.5. The fraction of sp³-hybridized carbons (Fsp3) is 0.455. The molecule has 0 spiro atoms. The third-order valence-corrected chi connectivity index (χ3v) is 12.1. The normalized spacial score (nSPS) is 21.8. The summed E-state index contributed by atoms with van der Waals surface area (Å²) in [4.78, 5) is 32.8. The first kappa shape index (κ1) is 34.7. The standard InChI is InChI=1S/C44H54N6O2/c1-3-5-7-9-11-13-31-15-19-39(20-16-31)43-44(40-21-17-32(18-22-40)14-12-10-8-6-4-2)49(41(51)47-43)29-37-25-33-23-35-27-45-46-28-36(35)24-34(33)26-38(37)30-50(44)42(52)48-43/h15-26,45-46H,3-14,27-30H2,1-2H3,(H,47,51)(H,48,52). The molecule has 272 valence electrons. The topological polar surface area (TPSA) is 88.7 Å². The van der Waals surface area contributed by atoms with Crippen LogP contribution in [0.5, 0.6) is 0 Å². The maximum atomic E-state index is 14.5. The minimum absolute atomic E-state index is 0.182. The molecule has 52 heavy (non-hydrogen) atoms. The number of amides is 4. The fourth-order valence-corrected chi connectivity index (χ4v) is 9.26. The molecule has 8 heteroatoms. The van der Waals surface area contributed by atoms with Gasteiger partial charge in [-0.3, -0.25) is 20.7 Å². The van der Waals surface area contributed by atoms with Crippen LogP contribution in [0.25, 0.3) is 10.8 Å². The number of carbonyl (C=O) groups excluding carboxylic acids is 2. The molecule has 0 unspecified atom stereocenters. The first-order valence-corrected chi connectivity index (χ1v) is 19.9. The highest BCUT2D eigenvalue weighted by Crippen LogP contribution is 2.56. The molecule has 4 aliphatic heterocycles. The molecule has 0 radical (unpaired) electrons. The molecule has 0 bridgehead atoms. The molecule has 4 aliphatic rings. The number of nitrogens with zero attached hydrogens (tertiary/aromatic N) is 2. The van der Waals surface area contributed by atoms with Crippen LogP contribution in [0.3, 0.4) is 0 Å². The Labute approximate surface area is 308 Å². The van der Waals surface area contributed by atoms with Gasteiger partial charge in [-0.25, -0.2) is 9.59 Å². The van der Waals surface area contributed by atoms with Crippen LogP contribution < -0.4 is 21.5 Å². The summed E-state index contributed by atoms with van der Waals surface area (Å²) in [6, 6.07) is 26.0. The lowest BCUT2D eigenvalue weighted by atomic mass is 9.80. The number of rotatable bonds is 14. The van der Waals surface area contributed by atoms with E-state index in [-0.39, 0.29) is 12.1 Å². The van der Waals surface area contributed by atoms with E-state index >= 15 is 0 Å². The van der Waals surface area contributed by atoms with Gasteiger partial charge in [0.15, 0.2) is 11.3 Å². The highest BCUT2D eigenvalue weighted by Gasteiger charge is 2.74. The van der Waals surface area contributed by atoms with Crippen molar-refractivity contribution in [2.24, 2.45) is 0 Å². The lowest BCUT2D eigenvalue weighted by Gasteiger charge is -2.46. The Hall–Kier alpha value is -4.40. The molecular formula is C44H54N6O2. The molecular weight excluding hydrogens is 645 g/mol. The summed E-state index contributed by atoms with van der Waals surface area (Å²) >= 11 is 0. The molecule has 4 heterocycles. The summed E-state index contributed by atoms with van der Waals surface area (Å²) in [5.41, 5.74) is 13.3. The molecule has 0 saturated carbocycles. The molecule has 8 nitrogen and oxygen atoms in total. The Morgan fingerprint density at radius 1 is 0.538 bits per heavy atom. The highest BCUT2D eigenvalue weighted by molar-refractivity contribution is 5.91. The molecule has 4 N–H and O–H groups in total. The minimum atomic E-state index is -1.18. The number of fused-ring (bicyclic) bond motifs is 3. The van der Waals surface area contributed by atoms with Crippen molar-refractivity contribution in [3.63, 3.8) is 0 Å². The van der Waals surface area contributed by atoms with Crippen LogP contribution in [0.15, 0.2) is 72.8 Å². The van der Waals surface area contributed by atoms with E-state index in [1.807, 2.05) is 9.80 Å². The number of hydrazine groups is 1. The smallest absolute Gasteiger partial charge is 0.307 e. The lowest BCUT2D eigenvalue weighted by molar-refractivity contribution is -0.0153. The largest absolute Gasteiger partial charge is 0.322 e. The molecule has 8 rings (SSSR count). The highest BCUT2D eigenvalue weighted by atomic mass is 16.2. The predicted octanol–water partition coefficient (Wildman–Crippen LogP) is 8.74. The molecule has 0 aromatic heterocycles. The van der Waals surface area contributed by atoms with Gasteiger partial charge in [0.2, 0.25) is 0 Å². The van der Waals surface area contributed by atoms with Gasteiger partial charge in [0.05, 0.1) is 13.1 Å². The lowest BCUT2D eigenvalue weighted by Crippen LogP contribution is -2.61. The van der Waals surface area contributed by atoms with E-state index in [1.165, 1.54) is 73.6 Å². The van der Waals surface area contributed by atoms with Gasteiger partial charge in [-0.15, -0.1) is 0 Å². The summed E-state index contributed by atoms with van der Waals surface area (Å²) < 4.78 is 0. The van der Waals surface area contributed by atoms with Crippen LogP contribution in [-0.2, 0) is 50.3 Å². The quantitative estimate of drug-likeness (QED) is 0.0993. The SMILES string of the molecule is CCCCCCCc1ccc(C23NC(=O)N4Cc5cc6cc7c(cc6cc5CN(C(=O)N2)C43c2ccc(CCCCCCC)cc2)CNNC7)cc1. The van der Waals surface area contributed by atoms with Gasteiger partial charge in [0.1, 0.15) is 0 Å². The van der Waals surface area contributed by atoms with Gasteiger partial charge >= 0.3 is 12.1 Å². The Bertz CT molecular complexity index is 1860. The van der Waals surface area contributed by atoms with Crippen molar-refractivity contribution < 1.29 is 9.59 Å². The van der Waals surface area contributed by atoms with Crippen LogP contribution in [0.2, 0.25) is 0 Å². The Kier molecular flexibility index (Phi) is 9.70. The monoisotopic (exact) mass is 698 g/mol. The van der Waals surface area contributed by atoms with E-state index < -0.39 is 11.3 Å². The van der Waals surface area contributed by atoms with Gasteiger partial charge in [-0.2, -0.15) is 0 Å². The van der Waals surface area contributed by atoms with E-state index in [1.54, 1.807) is 0 Å². The van der Waals surface area contributed by atoms with E-state index in [0.29, 0.717) is 13.1 Å². The summed E-state index contributed by atoms with van der Waals surface area (Å²) in [5.74, 6) is 0. The summed E-state index contributed by atoms with van der Waals surface area (Å²) in [5, 5.41) is 9.06. The van der Waals surface area contributed by atoms with E-state index in [0.717, 1.165) is 71.8 Å². The number of hydrogen-bond acceptors (Lipinski definition) is 4. The van der Waals surface area contributed by atoms with Crippen molar-refractivity contribution in [1.29, 1.82) is 0 Å². The number of carbonyl (C=O) groups is 2. The van der Waals surface area contributed by atoms with Gasteiger partial charge < -0.3 is 10.6 Å². The summed E-state index contributed by atoms with van der Waals surface area (Å²) in [7, 11) is 0. The van der Waals surface area contributed by atoms with Gasteiger partial charge in [-0.1, -0.05) is 114 Å². The predicted molar refractivity (Wildman–Crippen MR) is 207 cm³/mol. The summed E-state index contributed by atoms with van der Waals surface area (Å²) in [6.07, 6.45) is 14.4. The first-order valence-electron chi connectivity index (χ1n) is 19.9. The minimum Gasteiger partial charge on any atom is -0.307 e. The van der Waals surface area contributed by atoms with Crippen LogP contribution in [0.1, 0.15) is 123 Å². The fourth-order valence-electron chi connectivity index (χ4n) is 9.26. The molecule has 4 amide bonds. The van der Waals surface area contributed by atoms with E-state index in [9.17, 15) is 9.59 Å². The van der Waals surface area contributed by atoms with Crippen LogP contribution in [-0.4, -0.2) is 21.9 Å². The molecule has 0 aliphatic carbocycles. The average molecular weight is 699 g/mol. The maximum Gasteiger partial charge on any atom is 0.322 e. The Balaban J connectivity index is 1.20. The summed E-state index contributed by atoms with van der Waals surface area (Å²) in [6.45, 7) is 6.80. The van der Waals surface area contributed by atoms with Crippen molar-refractivity contribution in [1.82, 2.24) is 31.3 Å². The number of benzene rings is 4. The van der Waals surface area contributed by atoms with Crippen molar-refractivity contribution in [2.45, 2.75) is 128 Å².